The minimum absolute atomic E-state index is 0.0810. The maximum absolute atomic E-state index is 12.5. The molecule has 362 valence electrons. The van der Waals surface area contributed by atoms with Crippen LogP contribution in [0.25, 0.3) is 0 Å². The number of aliphatic hydroxyl groups excluding tert-OH is 2. The molecule has 0 saturated heterocycles. The van der Waals surface area contributed by atoms with Crippen LogP contribution in [0.4, 0.5) is 0 Å². The average molecular weight is 874 g/mol. The van der Waals surface area contributed by atoms with E-state index in [1.807, 2.05) is 6.08 Å². The summed E-state index contributed by atoms with van der Waals surface area (Å²) in [5.74, 6) is -0.0810. The fraction of sp³-hybridized carbons (Fsp3) is 0.712. The molecule has 0 fully saturated rings. The summed E-state index contributed by atoms with van der Waals surface area (Å²) in [6.07, 6.45) is 79.8. The Kier molecular flexibility index (Phi) is 51.4. The van der Waals surface area contributed by atoms with Gasteiger partial charge in [0.2, 0.25) is 5.91 Å². The van der Waals surface area contributed by atoms with E-state index in [-0.39, 0.29) is 12.5 Å². The van der Waals surface area contributed by atoms with Crippen molar-refractivity contribution in [1.29, 1.82) is 0 Å². The molecule has 0 aromatic rings. The molecule has 2 unspecified atom stereocenters. The summed E-state index contributed by atoms with van der Waals surface area (Å²) in [4.78, 5) is 12.5. The summed E-state index contributed by atoms with van der Waals surface area (Å²) >= 11 is 0. The van der Waals surface area contributed by atoms with Gasteiger partial charge in [0.05, 0.1) is 18.8 Å². The van der Waals surface area contributed by atoms with Crippen LogP contribution in [0.2, 0.25) is 0 Å². The molecule has 0 aliphatic carbocycles. The predicted molar refractivity (Wildman–Crippen MR) is 280 cm³/mol. The lowest BCUT2D eigenvalue weighted by Gasteiger charge is -2.19. The highest BCUT2D eigenvalue weighted by atomic mass is 16.3. The normalized spacial score (nSPS) is 13.7. The van der Waals surface area contributed by atoms with E-state index < -0.39 is 12.1 Å². The first-order chi connectivity index (χ1) is 31.2. The fourth-order valence-electron chi connectivity index (χ4n) is 7.73. The van der Waals surface area contributed by atoms with Crippen molar-refractivity contribution in [2.45, 2.75) is 264 Å². The van der Waals surface area contributed by atoms with Crippen molar-refractivity contribution in [3.05, 3.63) is 97.2 Å². The van der Waals surface area contributed by atoms with Crippen LogP contribution in [0.15, 0.2) is 97.2 Å². The van der Waals surface area contributed by atoms with Crippen LogP contribution in [0.1, 0.15) is 251 Å². The molecule has 0 rings (SSSR count). The minimum Gasteiger partial charge on any atom is -0.394 e. The van der Waals surface area contributed by atoms with Gasteiger partial charge < -0.3 is 15.5 Å². The van der Waals surface area contributed by atoms with E-state index in [1.54, 1.807) is 6.08 Å². The van der Waals surface area contributed by atoms with Gasteiger partial charge in [-0.1, -0.05) is 259 Å². The highest BCUT2D eigenvalue weighted by Crippen LogP contribution is 2.15. The number of hydrogen-bond acceptors (Lipinski definition) is 3. The maximum Gasteiger partial charge on any atom is 0.220 e. The smallest absolute Gasteiger partial charge is 0.220 e. The second-order valence-electron chi connectivity index (χ2n) is 17.9. The Morgan fingerprint density at radius 2 is 0.714 bits per heavy atom. The van der Waals surface area contributed by atoms with E-state index in [0.29, 0.717) is 6.42 Å². The Morgan fingerprint density at radius 1 is 0.397 bits per heavy atom. The van der Waals surface area contributed by atoms with E-state index in [9.17, 15) is 15.0 Å². The third-order valence-corrected chi connectivity index (χ3v) is 11.8. The number of amides is 1. The molecule has 0 aromatic heterocycles. The molecular weight excluding hydrogens is 771 g/mol. The first kappa shape index (κ1) is 60.3. The van der Waals surface area contributed by atoms with Crippen LogP contribution in [-0.4, -0.2) is 34.9 Å². The standard InChI is InChI=1S/C59H103NO3/c1-3-5-7-9-11-13-15-17-19-21-23-25-27-28-29-30-31-32-33-35-37-39-41-43-45-47-49-51-53-55-59(63)60-57(56-61)58(62)54-52-50-48-46-44-42-40-38-36-34-26-24-22-20-18-16-14-12-10-8-6-4-2/h5,7,11,13,17,19,23,25,28-29,31-32,44,46,52,54,57-58,61-62H,3-4,6,8-10,12,14-16,18,20-22,24,26-27,30,33-43,45,47-51,53,55-56H2,1-2H3,(H,60,63)/b7-5-,13-11-,19-17-,25-23-,29-28-,32-31-,46-44+,54-52+. The minimum atomic E-state index is -0.871. The highest BCUT2D eigenvalue weighted by molar-refractivity contribution is 5.76. The molecule has 4 heteroatoms. The van der Waals surface area contributed by atoms with Crippen molar-refractivity contribution in [3.63, 3.8) is 0 Å². The Bertz CT molecular complexity index is 1170. The zero-order chi connectivity index (χ0) is 45.6. The second-order valence-corrected chi connectivity index (χ2v) is 17.9. The van der Waals surface area contributed by atoms with E-state index in [1.165, 1.54) is 161 Å². The number of nitrogens with one attached hydrogen (secondary N) is 1. The number of rotatable bonds is 48. The van der Waals surface area contributed by atoms with E-state index in [4.69, 9.17) is 0 Å². The lowest BCUT2D eigenvalue weighted by molar-refractivity contribution is -0.123. The van der Waals surface area contributed by atoms with Gasteiger partial charge >= 0.3 is 0 Å². The van der Waals surface area contributed by atoms with E-state index in [0.717, 1.165) is 70.6 Å². The molecule has 0 spiro atoms. The molecule has 0 radical (unpaired) electrons. The lowest BCUT2D eigenvalue weighted by atomic mass is 10.0. The number of hydrogen-bond donors (Lipinski definition) is 3. The van der Waals surface area contributed by atoms with Crippen molar-refractivity contribution in [2.24, 2.45) is 0 Å². The summed E-state index contributed by atoms with van der Waals surface area (Å²) in [5, 5.41) is 23.1. The molecule has 0 bridgehead atoms. The van der Waals surface area contributed by atoms with Gasteiger partial charge in [-0.25, -0.2) is 0 Å². The molecule has 4 nitrogen and oxygen atoms in total. The number of aliphatic hydroxyl groups is 2. The Hall–Kier alpha value is -2.69. The number of unbranched alkanes of at least 4 members (excludes halogenated alkanes) is 27. The third kappa shape index (κ3) is 50.2. The van der Waals surface area contributed by atoms with Crippen molar-refractivity contribution >= 4 is 5.91 Å². The van der Waals surface area contributed by atoms with Crippen LogP contribution >= 0.6 is 0 Å². The first-order valence-electron chi connectivity index (χ1n) is 27.0. The van der Waals surface area contributed by atoms with Crippen molar-refractivity contribution in [3.8, 4) is 0 Å². The van der Waals surface area contributed by atoms with Gasteiger partial charge in [0, 0.05) is 6.42 Å². The largest absolute Gasteiger partial charge is 0.394 e. The average Bonchev–Trinajstić information content (AvgIpc) is 3.29. The SMILES string of the molecule is CC/C=C\C/C=C\C/C=C\C/C=C\C/C=C\C/C=C\CCCCCCCCCCCCC(=O)NC(CO)C(O)/C=C/CC/C=C/CCCCCCCCCCCCCCCCCC. The van der Waals surface area contributed by atoms with Gasteiger partial charge in [0.25, 0.3) is 0 Å². The number of carbonyl (C=O) groups is 1. The predicted octanol–water partition coefficient (Wildman–Crippen LogP) is 17.7. The monoisotopic (exact) mass is 874 g/mol. The van der Waals surface area contributed by atoms with Crippen LogP contribution < -0.4 is 5.32 Å². The van der Waals surface area contributed by atoms with Crippen LogP contribution in [0, 0.1) is 0 Å². The number of allylic oxidation sites excluding steroid dienone is 15. The van der Waals surface area contributed by atoms with E-state index in [2.05, 4.69) is 104 Å². The maximum atomic E-state index is 12.5. The van der Waals surface area contributed by atoms with Crippen LogP contribution in [-0.2, 0) is 4.79 Å². The molecule has 3 N–H and O–H groups in total. The summed E-state index contributed by atoms with van der Waals surface area (Å²) in [6, 6.07) is -0.648. The van der Waals surface area contributed by atoms with Crippen LogP contribution in [0.3, 0.4) is 0 Å². The van der Waals surface area contributed by atoms with Gasteiger partial charge in [-0.3, -0.25) is 4.79 Å². The molecule has 1 amide bonds. The Morgan fingerprint density at radius 3 is 1.11 bits per heavy atom. The number of carbonyl (C=O) groups excluding carboxylic acids is 1. The molecule has 0 aliphatic rings. The first-order valence-corrected chi connectivity index (χ1v) is 27.0. The second kappa shape index (κ2) is 53.6. The summed E-state index contributed by atoms with van der Waals surface area (Å²) in [5.41, 5.74) is 0. The van der Waals surface area contributed by atoms with Gasteiger partial charge in [-0.15, -0.1) is 0 Å². The molecule has 2 atom stereocenters. The molecule has 0 heterocycles. The third-order valence-electron chi connectivity index (χ3n) is 11.8. The van der Waals surface area contributed by atoms with Gasteiger partial charge in [0.1, 0.15) is 0 Å². The molecule has 0 aromatic carbocycles. The molecule has 0 aliphatic heterocycles. The molecular formula is C59H103NO3. The zero-order valence-corrected chi connectivity index (χ0v) is 41.6. The Balaban J connectivity index is 3.61. The van der Waals surface area contributed by atoms with Crippen LogP contribution in [0.5, 0.6) is 0 Å². The van der Waals surface area contributed by atoms with Gasteiger partial charge in [0.15, 0.2) is 0 Å². The molecule has 0 saturated carbocycles. The topological polar surface area (TPSA) is 69.6 Å². The van der Waals surface area contributed by atoms with Crippen molar-refractivity contribution in [1.82, 2.24) is 5.32 Å². The van der Waals surface area contributed by atoms with Gasteiger partial charge in [-0.05, 0) is 83.5 Å². The fourth-order valence-corrected chi connectivity index (χ4v) is 7.73. The highest BCUT2D eigenvalue weighted by Gasteiger charge is 2.17. The molecule has 63 heavy (non-hydrogen) atoms. The summed E-state index contributed by atoms with van der Waals surface area (Å²) < 4.78 is 0. The van der Waals surface area contributed by atoms with E-state index >= 15 is 0 Å². The summed E-state index contributed by atoms with van der Waals surface area (Å²) in [6.45, 7) is 4.19. The van der Waals surface area contributed by atoms with Gasteiger partial charge in [-0.2, -0.15) is 0 Å². The zero-order valence-electron chi connectivity index (χ0n) is 41.6. The van der Waals surface area contributed by atoms with Crippen molar-refractivity contribution < 1.29 is 15.0 Å². The van der Waals surface area contributed by atoms with Crippen molar-refractivity contribution in [2.75, 3.05) is 6.61 Å². The summed E-state index contributed by atoms with van der Waals surface area (Å²) in [7, 11) is 0. The quantitative estimate of drug-likeness (QED) is 0.0421. The lowest BCUT2D eigenvalue weighted by Crippen LogP contribution is -2.45. The Labute approximate surface area is 392 Å².